The summed E-state index contributed by atoms with van der Waals surface area (Å²) >= 11 is 0. The highest BCUT2D eigenvalue weighted by Gasteiger charge is 2.35. The molecule has 1 radical (unpaired) electrons. The van der Waals surface area contributed by atoms with E-state index in [2.05, 4.69) is 41.5 Å². The maximum absolute atomic E-state index is 10.1. The quantitative estimate of drug-likeness (QED) is 0.653. The van der Waals surface area contributed by atoms with Crippen molar-refractivity contribution in [3.63, 3.8) is 0 Å². The lowest BCUT2D eigenvalue weighted by Crippen LogP contribution is -2.32. The van der Waals surface area contributed by atoms with Crippen LogP contribution in [-0.4, -0.2) is 16.2 Å². The van der Waals surface area contributed by atoms with Crippen LogP contribution in [0.25, 0.3) is 0 Å². The number of carbonyl (C=O) groups excluding carboxylic acids is 1. The molecule has 0 rings (SSSR count). The smallest absolute Gasteiger partial charge is 0.402 e. The molecule has 0 bridgehead atoms. The lowest BCUT2D eigenvalue weighted by molar-refractivity contribution is 0.220. The van der Waals surface area contributed by atoms with Crippen molar-refractivity contribution in [2.45, 2.75) is 47.1 Å². The van der Waals surface area contributed by atoms with Crippen LogP contribution in [0.5, 0.6) is 0 Å². The fraction of sp³-hybridized carbons (Fsp3) is 0.900. The summed E-state index contributed by atoms with van der Waals surface area (Å²) in [6.45, 7) is 14.7. The van der Waals surface area contributed by atoms with Gasteiger partial charge in [0.1, 0.15) is 0 Å². The van der Waals surface area contributed by atoms with Gasteiger partial charge >= 0.3 is 6.47 Å². The molecule has 13 heavy (non-hydrogen) atoms. The lowest BCUT2D eigenvalue weighted by atomic mass is 9.77. The third kappa shape index (κ3) is 4.46. The third-order valence-corrected chi connectivity index (χ3v) is 5.47. The molecule has 0 saturated heterocycles. The second kappa shape index (κ2) is 4.27. The van der Waals surface area contributed by atoms with Crippen molar-refractivity contribution in [3.8, 4) is 0 Å². The first kappa shape index (κ1) is 12.7. The molecule has 0 aliphatic heterocycles. The summed E-state index contributed by atoms with van der Waals surface area (Å²) in [4.78, 5) is 10.1. The highest BCUT2D eigenvalue weighted by atomic mass is 28.2. The zero-order valence-electron chi connectivity index (χ0n) is 9.60. The second-order valence-corrected chi connectivity index (χ2v) is 7.12. The molecule has 0 aromatic rings. The topological polar surface area (TPSA) is 26.3 Å². The average Bonchev–Trinajstić information content (AvgIpc) is 1.81. The van der Waals surface area contributed by atoms with Crippen molar-refractivity contribution in [1.29, 1.82) is 0 Å². The Bertz CT molecular complexity index is 151. The number of hydrogen-bond donors (Lipinski definition) is 0. The van der Waals surface area contributed by atoms with Gasteiger partial charge in [0.15, 0.2) is 0 Å². The van der Waals surface area contributed by atoms with Crippen molar-refractivity contribution < 1.29 is 9.22 Å². The third-order valence-electron chi connectivity index (χ3n) is 2.40. The molecule has 0 aromatic heterocycles. The summed E-state index contributed by atoms with van der Waals surface area (Å²) < 4.78 is 4.88. The summed E-state index contributed by atoms with van der Waals surface area (Å²) in [6, 6.07) is 0. The predicted octanol–water partition coefficient (Wildman–Crippen LogP) is 2.03. The SMILES string of the molecule is CC(C)(C)C([SiH2]O[C]=O)C(C)(C)C. The summed E-state index contributed by atoms with van der Waals surface area (Å²) in [6.07, 6.45) is 0. The zero-order valence-corrected chi connectivity index (χ0v) is 11.0. The minimum absolute atomic E-state index is 0.210. The van der Waals surface area contributed by atoms with Crippen LogP contribution in [0.2, 0.25) is 5.54 Å². The van der Waals surface area contributed by atoms with Gasteiger partial charge in [-0.1, -0.05) is 41.5 Å². The molecule has 0 fully saturated rings. The van der Waals surface area contributed by atoms with Gasteiger partial charge in [-0.3, -0.25) is 0 Å². The van der Waals surface area contributed by atoms with E-state index >= 15 is 0 Å². The monoisotopic (exact) mass is 201 g/mol. The fourth-order valence-corrected chi connectivity index (χ4v) is 3.15. The van der Waals surface area contributed by atoms with Gasteiger partial charge in [0.2, 0.25) is 9.76 Å². The van der Waals surface area contributed by atoms with Gasteiger partial charge < -0.3 is 4.43 Å². The first-order valence-corrected chi connectivity index (χ1v) is 6.08. The number of rotatable bonds is 3. The van der Waals surface area contributed by atoms with E-state index in [1.165, 1.54) is 0 Å². The van der Waals surface area contributed by atoms with Gasteiger partial charge in [0, 0.05) is 0 Å². The van der Waals surface area contributed by atoms with E-state index in [0.717, 1.165) is 0 Å². The fourth-order valence-electron chi connectivity index (χ4n) is 1.92. The van der Waals surface area contributed by atoms with E-state index in [1.54, 1.807) is 6.47 Å². The first-order chi connectivity index (χ1) is 5.69. The van der Waals surface area contributed by atoms with Crippen molar-refractivity contribution in [3.05, 3.63) is 0 Å². The van der Waals surface area contributed by atoms with E-state index in [1.807, 2.05) is 0 Å². The Hall–Kier alpha value is -0.313. The van der Waals surface area contributed by atoms with E-state index in [4.69, 9.17) is 4.43 Å². The minimum atomic E-state index is -0.807. The van der Waals surface area contributed by atoms with Crippen LogP contribution in [-0.2, 0) is 9.22 Å². The first-order valence-electron chi connectivity index (χ1n) is 4.68. The summed E-state index contributed by atoms with van der Waals surface area (Å²) in [7, 11) is -0.807. The van der Waals surface area contributed by atoms with Gasteiger partial charge in [-0.2, -0.15) is 0 Å². The zero-order chi connectivity index (χ0) is 10.7. The van der Waals surface area contributed by atoms with E-state index in [-0.39, 0.29) is 10.8 Å². The second-order valence-electron chi connectivity index (χ2n) is 5.68. The van der Waals surface area contributed by atoms with E-state index in [0.29, 0.717) is 5.54 Å². The van der Waals surface area contributed by atoms with Crippen LogP contribution in [0.15, 0.2) is 0 Å². The van der Waals surface area contributed by atoms with Crippen LogP contribution >= 0.6 is 0 Å². The molecular weight excluding hydrogens is 180 g/mol. The molecule has 0 N–H and O–H groups in total. The summed E-state index contributed by atoms with van der Waals surface area (Å²) in [5.74, 6) is 0. The molecule has 0 saturated carbocycles. The van der Waals surface area contributed by atoms with E-state index in [9.17, 15) is 4.79 Å². The molecule has 0 amide bonds. The van der Waals surface area contributed by atoms with Crippen LogP contribution in [0.3, 0.4) is 0 Å². The summed E-state index contributed by atoms with van der Waals surface area (Å²) in [5.41, 5.74) is 0.907. The highest BCUT2D eigenvalue weighted by Crippen LogP contribution is 2.44. The molecule has 0 aliphatic carbocycles. The van der Waals surface area contributed by atoms with Gasteiger partial charge in [0.25, 0.3) is 0 Å². The molecule has 77 valence electrons. The maximum Gasteiger partial charge on any atom is 0.402 e. The largest absolute Gasteiger partial charge is 0.516 e. The van der Waals surface area contributed by atoms with Gasteiger partial charge in [-0.05, 0) is 16.4 Å². The van der Waals surface area contributed by atoms with Gasteiger partial charge in [-0.25, -0.2) is 4.79 Å². The molecule has 0 atom stereocenters. The number of hydrogen-bond acceptors (Lipinski definition) is 2. The molecule has 0 aliphatic rings. The Kier molecular flexibility index (Phi) is 4.16. The van der Waals surface area contributed by atoms with Crippen molar-refractivity contribution in [1.82, 2.24) is 0 Å². The van der Waals surface area contributed by atoms with Crippen molar-refractivity contribution >= 4 is 16.2 Å². The summed E-state index contributed by atoms with van der Waals surface area (Å²) in [5, 5.41) is 0. The van der Waals surface area contributed by atoms with Gasteiger partial charge in [-0.15, -0.1) is 0 Å². The maximum atomic E-state index is 10.1. The Morgan fingerprint density at radius 2 is 1.46 bits per heavy atom. The Morgan fingerprint density at radius 3 is 1.69 bits per heavy atom. The Labute approximate surface area is 84.0 Å². The van der Waals surface area contributed by atoms with Crippen LogP contribution in [0, 0.1) is 10.8 Å². The van der Waals surface area contributed by atoms with Gasteiger partial charge in [0.05, 0.1) is 0 Å². The molecule has 0 aromatic carbocycles. The standard InChI is InChI=1S/C10H21O2Si/c1-9(2,3)8(10(4,5)6)13-12-7-11/h8H,13H2,1-6H3. The minimum Gasteiger partial charge on any atom is -0.516 e. The van der Waals surface area contributed by atoms with Crippen LogP contribution < -0.4 is 0 Å². The lowest BCUT2D eigenvalue weighted by Gasteiger charge is -2.39. The van der Waals surface area contributed by atoms with E-state index < -0.39 is 9.76 Å². The van der Waals surface area contributed by atoms with Crippen LogP contribution in [0.4, 0.5) is 0 Å². The Balaban J connectivity index is 4.47. The Morgan fingerprint density at radius 1 is 1.08 bits per heavy atom. The molecular formula is C10H21O2Si. The molecule has 2 nitrogen and oxygen atoms in total. The van der Waals surface area contributed by atoms with Crippen LogP contribution in [0.1, 0.15) is 41.5 Å². The molecule has 0 spiro atoms. The molecule has 3 heteroatoms. The van der Waals surface area contributed by atoms with Crippen molar-refractivity contribution in [2.75, 3.05) is 0 Å². The predicted molar refractivity (Wildman–Crippen MR) is 58.0 cm³/mol. The molecule has 0 unspecified atom stereocenters. The average molecular weight is 201 g/mol. The van der Waals surface area contributed by atoms with Crippen molar-refractivity contribution in [2.24, 2.45) is 10.8 Å². The highest BCUT2D eigenvalue weighted by molar-refractivity contribution is 6.32. The normalized spacial score (nSPS) is 14.1. The molecule has 0 heterocycles.